The summed E-state index contributed by atoms with van der Waals surface area (Å²) in [6, 6.07) is 12.6. The van der Waals surface area contributed by atoms with E-state index in [9.17, 15) is 4.57 Å². The molecule has 0 radical (unpaired) electrons. The summed E-state index contributed by atoms with van der Waals surface area (Å²) in [4.78, 5) is 0. The maximum atomic E-state index is 12.5. The quantitative estimate of drug-likeness (QED) is 0.769. The number of rotatable bonds is 2. The fourth-order valence-electron chi connectivity index (χ4n) is 1.96. The van der Waals surface area contributed by atoms with Crippen molar-refractivity contribution in [3.8, 4) is 17.2 Å². The van der Waals surface area contributed by atoms with E-state index in [0.717, 1.165) is 11.1 Å². The third-order valence-electron chi connectivity index (χ3n) is 2.85. The Labute approximate surface area is 111 Å². The molecule has 0 aliphatic carbocycles. The molecule has 2 aromatic carbocycles. The van der Waals surface area contributed by atoms with Crippen LogP contribution in [0, 0.1) is 13.8 Å². The van der Waals surface area contributed by atoms with E-state index in [2.05, 4.69) is 0 Å². The first kappa shape index (κ1) is 12.1. The zero-order valence-corrected chi connectivity index (χ0v) is 11.5. The summed E-state index contributed by atoms with van der Waals surface area (Å²) in [7, 11) is -3.65. The second kappa shape index (κ2) is 4.32. The minimum atomic E-state index is -3.65. The number of hydrogen-bond acceptors (Lipinski definition) is 4. The third-order valence-corrected chi connectivity index (χ3v) is 4.13. The Morgan fingerprint density at radius 2 is 1.47 bits per heavy atom. The summed E-state index contributed by atoms with van der Waals surface area (Å²) in [6.45, 7) is 3.77. The molecule has 1 aliphatic heterocycles. The molecule has 2 aromatic rings. The molecule has 1 aliphatic rings. The summed E-state index contributed by atoms with van der Waals surface area (Å²) in [6.07, 6.45) is 0. The zero-order valence-electron chi connectivity index (χ0n) is 10.6. The van der Waals surface area contributed by atoms with Crippen molar-refractivity contribution in [2.45, 2.75) is 13.8 Å². The summed E-state index contributed by atoms with van der Waals surface area (Å²) in [5.41, 5.74) is 1.77. The first-order valence-corrected chi connectivity index (χ1v) is 7.37. The topological polar surface area (TPSA) is 44.8 Å². The highest BCUT2D eigenvalue weighted by Gasteiger charge is 2.37. The first-order chi connectivity index (χ1) is 9.06. The van der Waals surface area contributed by atoms with Crippen molar-refractivity contribution in [2.75, 3.05) is 0 Å². The van der Waals surface area contributed by atoms with Gasteiger partial charge in [-0.2, -0.15) is 4.57 Å². The molecule has 0 N–H and O–H groups in total. The van der Waals surface area contributed by atoms with E-state index in [1.165, 1.54) is 0 Å². The molecule has 0 aromatic heterocycles. The number of fused-ring (bicyclic) bond motifs is 2. The van der Waals surface area contributed by atoms with Gasteiger partial charge < -0.3 is 13.6 Å². The molecular formula is C14H13O4P. The Morgan fingerprint density at radius 1 is 0.947 bits per heavy atom. The van der Waals surface area contributed by atoms with E-state index in [-0.39, 0.29) is 0 Å². The van der Waals surface area contributed by atoms with E-state index in [0.29, 0.717) is 17.2 Å². The highest BCUT2D eigenvalue weighted by Crippen LogP contribution is 2.54. The fourth-order valence-corrected chi connectivity index (χ4v) is 3.32. The van der Waals surface area contributed by atoms with Crippen molar-refractivity contribution in [1.82, 2.24) is 0 Å². The Bertz CT molecular complexity index is 635. The zero-order chi connectivity index (χ0) is 13.5. The van der Waals surface area contributed by atoms with Gasteiger partial charge in [0.25, 0.3) is 0 Å². The van der Waals surface area contributed by atoms with E-state index in [1.54, 1.807) is 24.3 Å². The van der Waals surface area contributed by atoms with Crippen LogP contribution in [0.25, 0.3) is 0 Å². The Kier molecular flexibility index (Phi) is 2.76. The molecule has 0 spiro atoms. The normalized spacial score (nSPS) is 15.3. The number of benzene rings is 2. The standard InChI is InChI=1S/C14H13O4P/c1-10-5-3-6-11(2)14(10)18-19(15)16-12-7-4-8-13(9-12)17-19/h3-9H,1-2H3. The number of hydrogen-bond donors (Lipinski definition) is 0. The number of phosphoric ester groups is 1. The number of phosphoric acid groups is 1. The van der Waals surface area contributed by atoms with Crippen LogP contribution in [-0.4, -0.2) is 0 Å². The number of para-hydroxylation sites is 1. The van der Waals surface area contributed by atoms with Crippen LogP contribution in [0.15, 0.2) is 42.5 Å². The highest BCUT2D eigenvalue weighted by molar-refractivity contribution is 7.49. The average Bonchev–Trinajstić information content (AvgIpc) is 2.33. The molecule has 1 heterocycles. The van der Waals surface area contributed by atoms with Crippen molar-refractivity contribution in [3.63, 3.8) is 0 Å². The average molecular weight is 276 g/mol. The van der Waals surface area contributed by atoms with Gasteiger partial charge in [0.15, 0.2) is 0 Å². The van der Waals surface area contributed by atoms with Crippen LogP contribution in [0.1, 0.15) is 11.1 Å². The van der Waals surface area contributed by atoms with E-state index >= 15 is 0 Å². The van der Waals surface area contributed by atoms with Crippen LogP contribution >= 0.6 is 7.82 Å². The summed E-state index contributed by atoms with van der Waals surface area (Å²) in [5.74, 6) is 1.51. The molecule has 0 amide bonds. The van der Waals surface area contributed by atoms with Crippen LogP contribution in [0.2, 0.25) is 0 Å². The smallest absolute Gasteiger partial charge is 0.386 e. The van der Waals surface area contributed by atoms with Crippen molar-refractivity contribution in [3.05, 3.63) is 53.6 Å². The van der Waals surface area contributed by atoms with Gasteiger partial charge in [-0.1, -0.05) is 24.3 Å². The van der Waals surface area contributed by atoms with Crippen LogP contribution < -0.4 is 13.6 Å². The second-order valence-corrected chi connectivity index (χ2v) is 5.86. The van der Waals surface area contributed by atoms with Crippen molar-refractivity contribution >= 4 is 7.82 Å². The van der Waals surface area contributed by atoms with Crippen LogP contribution in [0.4, 0.5) is 0 Å². The monoisotopic (exact) mass is 276 g/mol. The molecule has 0 saturated heterocycles. The lowest BCUT2D eigenvalue weighted by Gasteiger charge is -2.24. The summed E-state index contributed by atoms with van der Waals surface area (Å²) >= 11 is 0. The van der Waals surface area contributed by atoms with E-state index in [4.69, 9.17) is 13.6 Å². The molecular weight excluding hydrogens is 263 g/mol. The summed E-state index contributed by atoms with van der Waals surface area (Å²) < 4.78 is 28.7. The molecule has 0 unspecified atom stereocenters. The van der Waals surface area contributed by atoms with Crippen LogP contribution in [-0.2, 0) is 4.57 Å². The van der Waals surface area contributed by atoms with Crippen LogP contribution in [0.3, 0.4) is 0 Å². The molecule has 98 valence electrons. The molecule has 4 nitrogen and oxygen atoms in total. The van der Waals surface area contributed by atoms with Crippen molar-refractivity contribution < 1.29 is 18.1 Å². The maximum Gasteiger partial charge on any atom is 0.647 e. The van der Waals surface area contributed by atoms with Crippen molar-refractivity contribution in [2.24, 2.45) is 0 Å². The van der Waals surface area contributed by atoms with Gasteiger partial charge in [-0.25, -0.2) is 0 Å². The first-order valence-electron chi connectivity index (χ1n) is 5.91. The van der Waals surface area contributed by atoms with Gasteiger partial charge >= 0.3 is 7.82 Å². The van der Waals surface area contributed by atoms with Gasteiger partial charge in [0, 0.05) is 6.07 Å². The van der Waals surface area contributed by atoms with E-state index < -0.39 is 7.82 Å². The largest absolute Gasteiger partial charge is 0.647 e. The third kappa shape index (κ3) is 2.32. The lowest BCUT2D eigenvalue weighted by Crippen LogP contribution is -2.11. The molecule has 3 rings (SSSR count). The SMILES string of the molecule is Cc1cccc(C)c1OP1(=O)Oc2cccc(c2)O1. The van der Waals surface area contributed by atoms with Crippen molar-refractivity contribution in [1.29, 1.82) is 0 Å². The number of aryl methyl sites for hydroxylation is 2. The van der Waals surface area contributed by atoms with E-state index in [1.807, 2.05) is 32.0 Å². The fraction of sp³-hybridized carbons (Fsp3) is 0.143. The maximum absolute atomic E-state index is 12.5. The lowest BCUT2D eigenvalue weighted by atomic mass is 10.1. The van der Waals surface area contributed by atoms with Gasteiger partial charge in [-0.3, -0.25) is 0 Å². The van der Waals surface area contributed by atoms with Gasteiger partial charge in [0.05, 0.1) is 0 Å². The van der Waals surface area contributed by atoms with Gasteiger partial charge in [-0.15, -0.1) is 0 Å². The van der Waals surface area contributed by atoms with Gasteiger partial charge in [0.2, 0.25) is 0 Å². The Morgan fingerprint density at radius 3 is 2.05 bits per heavy atom. The summed E-state index contributed by atoms with van der Waals surface area (Å²) in [5, 5.41) is 0. The molecule has 0 atom stereocenters. The predicted octanol–water partition coefficient (Wildman–Crippen LogP) is 4.26. The molecule has 5 heteroatoms. The minimum Gasteiger partial charge on any atom is -0.386 e. The molecule has 0 fully saturated rings. The van der Waals surface area contributed by atoms with Crippen LogP contribution in [0.5, 0.6) is 17.2 Å². The Hall–Kier alpha value is -1.93. The highest BCUT2D eigenvalue weighted by atomic mass is 31.2. The Balaban J connectivity index is 1.94. The molecule has 19 heavy (non-hydrogen) atoms. The molecule has 2 bridgehead atoms. The lowest BCUT2D eigenvalue weighted by molar-refractivity contribution is 0.287. The van der Waals surface area contributed by atoms with Gasteiger partial charge in [-0.05, 0) is 37.1 Å². The molecule has 0 saturated carbocycles. The minimum absolute atomic E-state index is 0.485. The van der Waals surface area contributed by atoms with Gasteiger partial charge in [0.1, 0.15) is 17.2 Å². The second-order valence-electron chi connectivity index (χ2n) is 4.42. The predicted molar refractivity (Wildman–Crippen MR) is 71.8 cm³/mol.